The molecule has 0 fully saturated rings. The number of primary amides is 1. The van der Waals surface area contributed by atoms with E-state index >= 15 is 0 Å². The zero-order chi connectivity index (χ0) is 30.2. The lowest BCUT2D eigenvalue weighted by Gasteiger charge is -2.20. The maximum absolute atomic E-state index is 14.6. The third kappa shape index (κ3) is 4.09. The Morgan fingerprint density at radius 3 is 2.40 bits per heavy atom. The first-order valence-corrected chi connectivity index (χ1v) is 13.8. The second kappa shape index (κ2) is 9.66. The van der Waals surface area contributed by atoms with Gasteiger partial charge in [-0.3, -0.25) is 14.2 Å². The number of aryl methyl sites for hydroxylation is 1. The normalized spacial score (nSPS) is 12.5. The van der Waals surface area contributed by atoms with E-state index in [-0.39, 0.29) is 32.2 Å². The second-order valence-corrected chi connectivity index (χ2v) is 11.6. The summed E-state index contributed by atoms with van der Waals surface area (Å²) >= 11 is 13.8. The monoisotopic (exact) mass is 603 g/mol. The van der Waals surface area contributed by atoms with Crippen LogP contribution in [0.25, 0.3) is 38.8 Å². The molecule has 42 heavy (non-hydrogen) atoms. The molecule has 1 aliphatic carbocycles. The van der Waals surface area contributed by atoms with Gasteiger partial charge in [0.1, 0.15) is 5.82 Å². The van der Waals surface area contributed by atoms with Crippen LogP contribution in [0.3, 0.4) is 0 Å². The number of halogens is 3. The Morgan fingerprint density at radius 1 is 1.00 bits per heavy atom. The van der Waals surface area contributed by atoms with Crippen molar-refractivity contribution in [2.45, 2.75) is 25.9 Å². The lowest BCUT2D eigenvalue weighted by Crippen LogP contribution is -2.38. The van der Waals surface area contributed by atoms with Gasteiger partial charge in [-0.05, 0) is 72.4 Å². The molecule has 0 atom stereocenters. The molecule has 0 bridgehead atoms. The lowest BCUT2D eigenvalue weighted by molar-refractivity contribution is 0.0785. The Morgan fingerprint density at radius 2 is 1.71 bits per heavy atom. The van der Waals surface area contributed by atoms with Crippen molar-refractivity contribution in [3.8, 4) is 27.9 Å². The van der Waals surface area contributed by atoms with E-state index in [2.05, 4.69) is 0 Å². The fourth-order valence-electron chi connectivity index (χ4n) is 5.79. The first-order valence-electron chi connectivity index (χ1n) is 13.0. The highest BCUT2D eigenvalue weighted by molar-refractivity contribution is 6.38. The molecule has 1 aromatic heterocycles. The summed E-state index contributed by atoms with van der Waals surface area (Å²) in [4.78, 5) is 39.4. The van der Waals surface area contributed by atoms with Gasteiger partial charge in [0.2, 0.25) is 5.91 Å². The zero-order valence-corrected chi connectivity index (χ0v) is 24.3. The van der Waals surface area contributed by atoms with E-state index in [1.54, 1.807) is 32.0 Å². The SMILES string of the molecule is Cn1c(=O)n(-c2cccc(-c3c(Cl)cc(C(N)=O)c4c3-c3ccc(C(C)(C)O)cc3C4)c2Cl)c(=O)c2cccc(F)c21. The van der Waals surface area contributed by atoms with E-state index in [1.165, 1.54) is 37.4 Å². The van der Waals surface area contributed by atoms with Gasteiger partial charge < -0.3 is 10.8 Å². The summed E-state index contributed by atoms with van der Waals surface area (Å²) in [6, 6.07) is 15.9. The quantitative estimate of drug-likeness (QED) is 0.269. The fraction of sp³-hybridized carbons (Fsp3) is 0.156. The molecule has 1 heterocycles. The minimum absolute atomic E-state index is 0.0137. The summed E-state index contributed by atoms with van der Waals surface area (Å²) < 4.78 is 16.6. The highest BCUT2D eigenvalue weighted by atomic mass is 35.5. The second-order valence-electron chi connectivity index (χ2n) is 10.9. The number of carbonyl (C=O) groups excluding carboxylic acids is 1. The standard InChI is InChI=1S/C32H24Cl2FN3O4/c1-32(2,42)16-10-11-17-15(12-16)13-20-21(29(36)39)14-22(33)26(25(17)20)18-6-5-9-24(27(18)34)38-30(40)19-7-4-8-23(35)28(19)37(3)31(38)41/h4-12,14,42H,13H2,1-3H3,(H2,36,39). The fourth-order valence-corrected chi connectivity index (χ4v) is 6.40. The van der Waals surface area contributed by atoms with E-state index in [0.717, 1.165) is 20.3 Å². The van der Waals surface area contributed by atoms with Crippen LogP contribution < -0.4 is 17.0 Å². The predicted molar refractivity (Wildman–Crippen MR) is 162 cm³/mol. The van der Waals surface area contributed by atoms with Gasteiger partial charge in [0.25, 0.3) is 5.56 Å². The molecule has 7 nitrogen and oxygen atoms in total. The summed E-state index contributed by atoms with van der Waals surface area (Å²) in [5, 5.41) is 10.9. The van der Waals surface area contributed by atoms with Gasteiger partial charge in [0.05, 0.1) is 27.2 Å². The summed E-state index contributed by atoms with van der Waals surface area (Å²) in [7, 11) is 1.38. The molecule has 0 saturated heterocycles. The number of nitrogens with two attached hydrogens (primary N) is 1. The Balaban J connectivity index is 1.65. The van der Waals surface area contributed by atoms with Crippen molar-refractivity contribution in [2.24, 2.45) is 12.8 Å². The minimum Gasteiger partial charge on any atom is -0.386 e. The Labute approximate surface area is 249 Å². The molecule has 212 valence electrons. The number of hydrogen-bond donors (Lipinski definition) is 2. The average molecular weight is 604 g/mol. The molecular weight excluding hydrogens is 580 g/mol. The minimum atomic E-state index is -1.09. The predicted octanol–water partition coefficient (Wildman–Crippen LogP) is 5.70. The largest absolute Gasteiger partial charge is 0.386 e. The number of para-hydroxylation sites is 1. The molecule has 1 aliphatic rings. The molecule has 3 N–H and O–H groups in total. The van der Waals surface area contributed by atoms with E-state index < -0.39 is 28.6 Å². The Hall–Kier alpha value is -4.24. The molecule has 0 saturated carbocycles. The van der Waals surface area contributed by atoms with Gasteiger partial charge >= 0.3 is 5.69 Å². The van der Waals surface area contributed by atoms with Crippen molar-refractivity contribution >= 4 is 40.0 Å². The van der Waals surface area contributed by atoms with Crippen LogP contribution in [0.5, 0.6) is 0 Å². The highest BCUT2D eigenvalue weighted by Crippen LogP contribution is 2.50. The zero-order valence-electron chi connectivity index (χ0n) is 22.8. The molecule has 0 aliphatic heterocycles. The van der Waals surface area contributed by atoms with E-state index in [1.807, 2.05) is 12.1 Å². The van der Waals surface area contributed by atoms with E-state index in [0.29, 0.717) is 34.2 Å². The first-order chi connectivity index (χ1) is 19.8. The molecule has 4 aromatic carbocycles. The molecule has 0 radical (unpaired) electrons. The number of aliphatic hydroxyl groups is 1. The number of rotatable bonds is 4. The maximum Gasteiger partial charge on any atom is 0.336 e. The third-order valence-corrected chi connectivity index (χ3v) is 8.52. The van der Waals surface area contributed by atoms with Crippen LogP contribution in [-0.4, -0.2) is 20.1 Å². The van der Waals surface area contributed by atoms with Crippen molar-refractivity contribution in [1.82, 2.24) is 9.13 Å². The van der Waals surface area contributed by atoms with Gasteiger partial charge in [-0.25, -0.2) is 13.8 Å². The number of amides is 1. The van der Waals surface area contributed by atoms with Crippen LogP contribution in [0.15, 0.2) is 70.3 Å². The van der Waals surface area contributed by atoms with Crippen LogP contribution in [0.4, 0.5) is 4.39 Å². The average Bonchev–Trinajstić information content (AvgIpc) is 3.30. The number of benzene rings is 4. The molecular formula is C32H24Cl2FN3O4. The summed E-state index contributed by atoms with van der Waals surface area (Å²) in [5.74, 6) is -1.34. The van der Waals surface area contributed by atoms with Gasteiger partial charge in [-0.15, -0.1) is 0 Å². The number of hydrogen-bond acceptors (Lipinski definition) is 4. The topological polar surface area (TPSA) is 107 Å². The summed E-state index contributed by atoms with van der Waals surface area (Å²) in [6.07, 6.45) is 0.366. The molecule has 5 aromatic rings. The Kier molecular flexibility index (Phi) is 6.42. The van der Waals surface area contributed by atoms with Crippen molar-refractivity contribution in [3.63, 3.8) is 0 Å². The number of nitrogens with zero attached hydrogens (tertiary/aromatic N) is 2. The maximum atomic E-state index is 14.6. The Bertz CT molecular complexity index is 2130. The van der Waals surface area contributed by atoms with Crippen molar-refractivity contribution in [3.05, 3.63) is 120 Å². The first kappa shape index (κ1) is 27.9. The smallest absolute Gasteiger partial charge is 0.336 e. The van der Waals surface area contributed by atoms with Crippen LogP contribution in [-0.2, 0) is 19.1 Å². The highest BCUT2D eigenvalue weighted by Gasteiger charge is 2.31. The molecule has 6 rings (SSSR count). The lowest BCUT2D eigenvalue weighted by atomic mass is 9.90. The van der Waals surface area contributed by atoms with Gasteiger partial charge in [0, 0.05) is 28.8 Å². The number of fused-ring (bicyclic) bond motifs is 4. The van der Waals surface area contributed by atoms with Crippen LogP contribution in [0.2, 0.25) is 10.0 Å². The van der Waals surface area contributed by atoms with Gasteiger partial charge in [0.15, 0.2) is 0 Å². The number of aromatic nitrogens is 2. The van der Waals surface area contributed by atoms with Crippen molar-refractivity contribution in [2.75, 3.05) is 0 Å². The van der Waals surface area contributed by atoms with Gasteiger partial charge in [-0.2, -0.15) is 0 Å². The molecule has 0 spiro atoms. The number of carbonyl (C=O) groups is 1. The molecule has 1 amide bonds. The molecule has 10 heteroatoms. The van der Waals surface area contributed by atoms with Crippen LogP contribution >= 0.6 is 23.2 Å². The van der Waals surface area contributed by atoms with Crippen LogP contribution in [0, 0.1) is 5.82 Å². The summed E-state index contributed by atoms with van der Waals surface area (Å²) in [6.45, 7) is 3.37. The third-order valence-electron chi connectivity index (χ3n) is 7.82. The van der Waals surface area contributed by atoms with Crippen molar-refractivity contribution < 1.29 is 14.3 Å². The molecule has 0 unspecified atom stereocenters. The van der Waals surface area contributed by atoms with Gasteiger partial charge in [-0.1, -0.05) is 59.6 Å². The summed E-state index contributed by atoms with van der Waals surface area (Å²) in [5.41, 5.74) is 7.96. The van der Waals surface area contributed by atoms with E-state index in [9.17, 15) is 23.9 Å². The van der Waals surface area contributed by atoms with E-state index in [4.69, 9.17) is 28.9 Å². The van der Waals surface area contributed by atoms with Crippen LogP contribution in [0.1, 0.15) is 40.9 Å². The van der Waals surface area contributed by atoms with Crippen molar-refractivity contribution in [1.29, 1.82) is 0 Å².